The molecule has 1 fully saturated rings. The number of carbonyl (C=O) groups excluding carboxylic acids is 1. The van der Waals surface area contributed by atoms with Gasteiger partial charge in [0.05, 0.1) is 15.5 Å². The minimum Gasteiger partial charge on any atom is -0.339 e. The van der Waals surface area contributed by atoms with Gasteiger partial charge in [-0.25, -0.2) is 8.42 Å². The molecule has 1 aromatic rings. The van der Waals surface area contributed by atoms with E-state index in [1.54, 1.807) is 11.9 Å². The van der Waals surface area contributed by atoms with E-state index in [1.807, 2.05) is 13.8 Å². The van der Waals surface area contributed by atoms with Gasteiger partial charge in [-0.1, -0.05) is 18.5 Å². The number of rotatable bonds is 5. The summed E-state index contributed by atoms with van der Waals surface area (Å²) in [6.07, 6.45) is 2.55. The molecule has 1 atom stereocenters. The standard InChI is InChI=1S/C16H23ClN2O3S/c1-4-12(2)18(3)16(20)14-11-13(7-8-15(14)17)23(21,22)19-9-5-6-10-19/h7-8,11-12H,4-6,9-10H2,1-3H3. The van der Waals surface area contributed by atoms with Crippen LogP contribution in [0.2, 0.25) is 5.02 Å². The quantitative estimate of drug-likeness (QED) is 0.813. The lowest BCUT2D eigenvalue weighted by Gasteiger charge is -2.24. The second-order valence-electron chi connectivity index (χ2n) is 5.93. The summed E-state index contributed by atoms with van der Waals surface area (Å²) >= 11 is 6.14. The lowest BCUT2D eigenvalue weighted by Crippen LogP contribution is -2.35. The first-order chi connectivity index (χ1) is 10.8. The van der Waals surface area contributed by atoms with E-state index in [9.17, 15) is 13.2 Å². The molecule has 1 aromatic carbocycles. The SMILES string of the molecule is CCC(C)N(C)C(=O)c1cc(S(=O)(=O)N2CCCC2)ccc1Cl. The van der Waals surface area contributed by atoms with Crippen LogP contribution >= 0.6 is 11.6 Å². The first-order valence-corrected chi connectivity index (χ1v) is 9.67. The van der Waals surface area contributed by atoms with Crippen molar-refractivity contribution in [3.63, 3.8) is 0 Å². The van der Waals surface area contributed by atoms with Gasteiger partial charge in [0.15, 0.2) is 0 Å². The van der Waals surface area contributed by atoms with Crippen molar-refractivity contribution in [2.75, 3.05) is 20.1 Å². The van der Waals surface area contributed by atoms with Crippen molar-refractivity contribution in [1.29, 1.82) is 0 Å². The Hall–Kier alpha value is -1.11. The molecule has 128 valence electrons. The second-order valence-corrected chi connectivity index (χ2v) is 8.27. The van der Waals surface area contributed by atoms with E-state index in [0.29, 0.717) is 13.1 Å². The van der Waals surface area contributed by atoms with Crippen molar-refractivity contribution >= 4 is 27.5 Å². The molecule has 0 saturated carbocycles. The van der Waals surface area contributed by atoms with Gasteiger partial charge < -0.3 is 4.90 Å². The first kappa shape index (κ1) is 18.2. The molecule has 5 nitrogen and oxygen atoms in total. The lowest BCUT2D eigenvalue weighted by atomic mass is 10.1. The van der Waals surface area contributed by atoms with Crippen molar-refractivity contribution in [3.05, 3.63) is 28.8 Å². The Kier molecular flexibility index (Phi) is 5.70. The van der Waals surface area contributed by atoms with Crippen LogP contribution < -0.4 is 0 Å². The minimum absolute atomic E-state index is 0.0532. The Morgan fingerprint density at radius 1 is 1.35 bits per heavy atom. The van der Waals surface area contributed by atoms with Crippen molar-refractivity contribution in [2.24, 2.45) is 0 Å². The summed E-state index contributed by atoms with van der Waals surface area (Å²) < 4.78 is 26.7. The highest BCUT2D eigenvalue weighted by Gasteiger charge is 2.29. The number of hydrogen-bond acceptors (Lipinski definition) is 3. The number of sulfonamides is 1. The third-order valence-corrected chi connectivity index (χ3v) is 6.67. The Bertz CT molecular complexity index is 685. The zero-order valence-electron chi connectivity index (χ0n) is 13.8. The number of amides is 1. The fraction of sp³-hybridized carbons (Fsp3) is 0.562. The second kappa shape index (κ2) is 7.20. The fourth-order valence-corrected chi connectivity index (χ4v) is 4.31. The topological polar surface area (TPSA) is 57.7 Å². The molecule has 0 aliphatic carbocycles. The molecular formula is C16H23ClN2O3S. The monoisotopic (exact) mass is 358 g/mol. The van der Waals surface area contributed by atoms with Gasteiger partial charge in [0.2, 0.25) is 10.0 Å². The van der Waals surface area contributed by atoms with Gasteiger partial charge in [-0.3, -0.25) is 4.79 Å². The van der Waals surface area contributed by atoms with E-state index in [0.717, 1.165) is 19.3 Å². The van der Waals surface area contributed by atoms with Crippen LogP contribution in [0.5, 0.6) is 0 Å². The van der Waals surface area contributed by atoms with Crippen LogP contribution in [0.1, 0.15) is 43.5 Å². The van der Waals surface area contributed by atoms with E-state index in [2.05, 4.69) is 0 Å². The molecule has 0 spiro atoms. The minimum atomic E-state index is -3.56. The third-order valence-electron chi connectivity index (χ3n) is 4.44. The van der Waals surface area contributed by atoms with Crippen LogP contribution in [0.4, 0.5) is 0 Å². The molecule has 0 aromatic heterocycles. The van der Waals surface area contributed by atoms with Crippen LogP contribution in [-0.4, -0.2) is 49.7 Å². The molecule has 7 heteroatoms. The highest BCUT2D eigenvalue weighted by atomic mass is 35.5. The largest absolute Gasteiger partial charge is 0.339 e. The van der Waals surface area contributed by atoms with E-state index in [-0.39, 0.29) is 27.4 Å². The molecule has 0 N–H and O–H groups in total. The molecule has 2 rings (SSSR count). The predicted octanol–water partition coefficient (Wildman–Crippen LogP) is 3.00. The van der Waals surface area contributed by atoms with Crippen molar-refractivity contribution in [3.8, 4) is 0 Å². The highest BCUT2D eigenvalue weighted by molar-refractivity contribution is 7.89. The van der Waals surface area contributed by atoms with E-state index in [4.69, 9.17) is 11.6 Å². The predicted molar refractivity (Wildman–Crippen MR) is 91.3 cm³/mol. The smallest absolute Gasteiger partial charge is 0.255 e. The van der Waals surface area contributed by atoms with E-state index >= 15 is 0 Å². The average molecular weight is 359 g/mol. The number of benzene rings is 1. The van der Waals surface area contributed by atoms with Crippen LogP contribution in [-0.2, 0) is 10.0 Å². The van der Waals surface area contributed by atoms with E-state index < -0.39 is 10.0 Å². The molecule has 1 unspecified atom stereocenters. The van der Waals surface area contributed by atoms with Gasteiger partial charge in [-0.05, 0) is 44.4 Å². The van der Waals surface area contributed by atoms with Crippen LogP contribution in [0.25, 0.3) is 0 Å². The average Bonchev–Trinajstić information content (AvgIpc) is 3.08. The Morgan fingerprint density at radius 3 is 2.52 bits per heavy atom. The van der Waals surface area contributed by atoms with Gasteiger partial charge in [0.25, 0.3) is 5.91 Å². The first-order valence-electron chi connectivity index (χ1n) is 7.86. The molecule has 1 aliphatic heterocycles. The summed E-state index contributed by atoms with van der Waals surface area (Å²) in [4.78, 5) is 14.3. The molecule has 0 radical (unpaired) electrons. The van der Waals surface area contributed by atoms with Crippen molar-refractivity contribution in [1.82, 2.24) is 9.21 Å². The van der Waals surface area contributed by atoms with Gasteiger partial charge in [0.1, 0.15) is 0 Å². The lowest BCUT2D eigenvalue weighted by molar-refractivity contribution is 0.0740. The maximum atomic E-state index is 12.6. The van der Waals surface area contributed by atoms with Crippen molar-refractivity contribution in [2.45, 2.75) is 44.0 Å². The van der Waals surface area contributed by atoms with Gasteiger partial charge in [-0.2, -0.15) is 4.31 Å². The zero-order valence-corrected chi connectivity index (χ0v) is 15.3. The van der Waals surface area contributed by atoms with Crippen LogP contribution in [0.15, 0.2) is 23.1 Å². The number of halogens is 1. The maximum absolute atomic E-state index is 12.6. The van der Waals surface area contributed by atoms with Gasteiger partial charge in [0, 0.05) is 26.2 Å². The molecule has 0 bridgehead atoms. The number of carbonyl (C=O) groups is 1. The summed E-state index contributed by atoms with van der Waals surface area (Å²) in [5.74, 6) is -0.261. The van der Waals surface area contributed by atoms with Crippen LogP contribution in [0, 0.1) is 0 Å². The normalized spacial score (nSPS) is 17.2. The molecule has 1 amide bonds. The summed E-state index contributed by atoms with van der Waals surface area (Å²) in [5, 5.41) is 0.269. The summed E-state index contributed by atoms with van der Waals surface area (Å²) in [5.41, 5.74) is 0.231. The molecular weight excluding hydrogens is 336 g/mol. The Labute approximate surface area is 143 Å². The molecule has 23 heavy (non-hydrogen) atoms. The molecule has 1 aliphatic rings. The third kappa shape index (κ3) is 3.70. The maximum Gasteiger partial charge on any atom is 0.255 e. The van der Waals surface area contributed by atoms with Gasteiger partial charge in [-0.15, -0.1) is 0 Å². The molecule has 1 heterocycles. The Balaban J connectivity index is 2.38. The van der Waals surface area contributed by atoms with Crippen LogP contribution in [0.3, 0.4) is 0 Å². The number of hydrogen-bond donors (Lipinski definition) is 0. The number of nitrogens with zero attached hydrogens (tertiary/aromatic N) is 2. The highest BCUT2D eigenvalue weighted by Crippen LogP contribution is 2.26. The summed E-state index contributed by atoms with van der Waals surface area (Å²) in [6.45, 7) is 4.99. The summed E-state index contributed by atoms with van der Waals surface area (Å²) in [6, 6.07) is 4.41. The molecule has 1 saturated heterocycles. The van der Waals surface area contributed by atoms with Crippen molar-refractivity contribution < 1.29 is 13.2 Å². The zero-order chi connectivity index (χ0) is 17.2. The van der Waals surface area contributed by atoms with E-state index in [1.165, 1.54) is 22.5 Å². The summed E-state index contributed by atoms with van der Waals surface area (Å²) in [7, 11) is -1.86. The fourth-order valence-electron chi connectivity index (χ4n) is 2.57. The van der Waals surface area contributed by atoms with Gasteiger partial charge >= 0.3 is 0 Å². The Morgan fingerprint density at radius 2 is 1.96 bits per heavy atom.